The predicted molar refractivity (Wildman–Crippen MR) is 111 cm³/mol. The molecule has 0 fully saturated rings. The second-order valence-corrected chi connectivity index (χ2v) is 7.68. The highest BCUT2D eigenvalue weighted by Crippen LogP contribution is 2.33. The number of nitrogen functional groups attached to an aromatic ring is 1. The van der Waals surface area contributed by atoms with Crippen molar-refractivity contribution < 1.29 is 0 Å². The first-order valence-corrected chi connectivity index (χ1v) is 10.3. The van der Waals surface area contributed by atoms with Crippen LogP contribution in [0.1, 0.15) is 36.7 Å². The van der Waals surface area contributed by atoms with Gasteiger partial charge in [-0.05, 0) is 29.0 Å². The molecule has 0 aliphatic carbocycles. The Balaban J connectivity index is 1.91. The second-order valence-electron chi connectivity index (χ2n) is 6.50. The molecule has 0 aliphatic rings. The minimum atomic E-state index is 0.511. The molecule has 4 nitrogen and oxygen atoms in total. The smallest absolute Gasteiger partial charge is 0.152 e. The van der Waals surface area contributed by atoms with Crippen molar-refractivity contribution in [2.75, 3.05) is 5.73 Å². The molecular weight excluding hydrogens is 364 g/mol. The van der Waals surface area contributed by atoms with Crippen LogP contribution in [0.3, 0.4) is 0 Å². The Morgan fingerprint density at radius 2 is 2.04 bits per heavy atom. The minimum Gasteiger partial charge on any atom is -0.382 e. The van der Waals surface area contributed by atoms with Crippen LogP contribution < -0.4 is 5.73 Å². The van der Waals surface area contributed by atoms with Gasteiger partial charge >= 0.3 is 0 Å². The molecule has 26 heavy (non-hydrogen) atoms. The number of aryl methyl sites for hydroxylation is 1. The van der Waals surface area contributed by atoms with Gasteiger partial charge < -0.3 is 10.3 Å². The number of thiophene rings is 1. The Morgan fingerprint density at radius 1 is 1.19 bits per heavy atom. The Labute approximate surface area is 161 Å². The largest absolute Gasteiger partial charge is 0.382 e. The van der Waals surface area contributed by atoms with E-state index in [2.05, 4.69) is 46.1 Å². The van der Waals surface area contributed by atoms with Gasteiger partial charge in [-0.15, -0.1) is 22.9 Å². The number of halogens is 1. The molecule has 2 N–H and O–H groups in total. The molecule has 0 bridgehead atoms. The topological polar surface area (TPSA) is 56.7 Å². The molecule has 0 radical (unpaired) electrons. The summed E-state index contributed by atoms with van der Waals surface area (Å²) >= 11 is 7.71. The number of fused-ring (bicyclic) bond motifs is 3. The molecule has 0 unspecified atom stereocenters. The average Bonchev–Trinajstić information content (AvgIpc) is 3.25. The molecule has 1 aromatic carbocycles. The number of aromatic nitrogens is 3. The zero-order valence-corrected chi connectivity index (χ0v) is 16.3. The van der Waals surface area contributed by atoms with Crippen LogP contribution in [0, 0.1) is 0 Å². The molecule has 0 saturated carbocycles. The van der Waals surface area contributed by atoms with E-state index in [4.69, 9.17) is 22.3 Å². The van der Waals surface area contributed by atoms with Crippen LogP contribution in [-0.2, 0) is 18.8 Å². The number of alkyl halides is 1. The summed E-state index contributed by atoms with van der Waals surface area (Å²) in [5.41, 5.74) is 11.4. The molecule has 0 aliphatic heterocycles. The van der Waals surface area contributed by atoms with Gasteiger partial charge in [0.05, 0.1) is 15.7 Å². The maximum atomic E-state index is 6.23. The summed E-state index contributed by atoms with van der Waals surface area (Å²) in [7, 11) is 0. The van der Waals surface area contributed by atoms with Gasteiger partial charge in [-0.3, -0.25) is 0 Å². The number of unbranched alkanes of at least 4 members (excludes halogenated alkanes) is 1. The second kappa shape index (κ2) is 7.25. The summed E-state index contributed by atoms with van der Waals surface area (Å²) < 4.78 is 3.47. The van der Waals surface area contributed by atoms with E-state index in [0.717, 1.165) is 58.4 Å². The number of rotatable bonds is 6. The third kappa shape index (κ3) is 3.06. The highest BCUT2D eigenvalue weighted by Gasteiger charge is 2.18. The number of anilines is 1. The number of hydrogen-bond acceptors (Lipinski definition) is 4. The molecular formula is C20H21ClN4S. The third-order valence-corrected chi connectivity index (χ3v) is 5.85. The van der Waals surface area contributed by atoms with Crippen LogP contribution in [-0.4, -0.2) is 14.5 Å². The highest BCUT2D eigenvalue weighted by atomic mass is 35.5. The monoisotopic (exact) mass is 384 g/mol. The fraction of sp³-hybridized carbons (Fsp3) is 0.300. The van der Waals surface area contributed by atoms with Crippen molar-refractivity contribution >= 4 is 50.0 Å². The molecule has 3 aromatic heterocycles. The lowest BCUT2D eigenvalue weighted by atomic mass is 10.1. The molecule has 0 spiro atoms. The summed E-state index contributed by atoms with van der Waals surface area (Å²) in [4.78, 5) is 9.40. The van der Waals surface area contributed by atoms with Crippen molar-refractivity contribution in [3.05, 3.63) is 52.7 Å². The molecule has 134 valence electrons. The first-order chi connectivity index (χ1) is 12.7. The van der Waals surface area contributed by atoms with Crippen LogP contribution in [0.15, 0.2) is 35.7 Å². The van der Waals surface area contributed by atoms with E-state index in [-0.39, 0.29) is 0 Å². The number of nitrogens with two attached hydrogens (primary N) is 1. The van der Waals surface area contributed by atoms with Crippen LogP contribution in [0.4, 0.5) is 5.82 Å². The van der Waals surface area contributed by atoms with Crippen molar-refractivity contribution in [2.24, 2.45) is 0 Å². The molecule has 4 aromatic rings. The highest BCUT2D eigenvalue weighted by molar-refractivity contribution is 7.18. The average molecular weight is 385 g/mol. The van der Waals surface area contributed by atoms with E-state index in [1.54, 1.807) is 11.3 Å². The number of nitrogens with zero attached hydrogens (tertiary/aromatic N) is 3. The predicted octanol–water partition coefficient (Wildman–Crippen LogP) is 5.36. The standard InChI is InChI=1S/C20H21ClN4S/c1-2-3-7-16-24-17-18(19-15(8-9-26-19)23-20(17)22)25(16)12-14-6-4-5-13(10-14)11-21/h4-6,8-10H,2-3,7,11-12H2,1H3,(H2,22,23). The summed E-state index contributed by atoms with van der Waals surface area (Å²) in [6.45, 7) is 2.96. The zero-order valence-electron chi connectivity index (χ0n) is 14.7. The maximum Gasteiger partial charge on any atom is 0.152 e. The summed E-state index contributed by atoms with van der Waals surface area (Å²) in [5.74, 6) is 2.11. The lowest BCUT2D eigenvalue weighted by Crippen LogP contribution is -2.06. The minimum absolute atomic E-state index is 0.511. The lowest BCUT2D eigenvalue weighted by Gasteiger charge is -2.11. The van der Waals surface area contributed by atoms with Crippen LogP contribution in [0.2, 0.25) is 0 Å². The SMILES string of the molecule is CCCCc1nc2c(N)nc3ccsc3c2n1Cc1cccc(CCl)c1. The number of imidazole rings is 1. The fourth-order valence-electron chi connectivity index (χ4n) is 3.35. The van der Waals surface area contributed by atoms with Crippen LogP contribution >= 0.6 is 22.9 Å². The van der Waals surface area contributed by atoms with E-state index >= 15 is 0 Å². The van der Waals surface area contributed by atoms with Gasteiger partial charge in [0.25, 0.3) is 0 Å². The molecule has 0 amide bonds. The van der Waals surface area contributed by atoms with Gasteiger partial charge in [-0.1, -0.05) is 37.6 Å². The van der Waals surface area contributed by atoms with Crippen LogP contribution in [0.5, 0.6) is 0 Å². The van der Waals surface area contributed by atoms with Crippen LogP contribution in [0.25, 0.3) is 21.3 Å². The fourth-order valence-corrected chi connectivity index (χ4v) is 4.40. The Morgan fingerprint density at radius 3 is 2.85 bits per heavy atom. The lowest BCUT2D eigenvalue weighted by molar-refractivity contribution is 0.690. The number of benzene rings is 1. The Bertz CT molecular complexity index is 1070. The van der Waals surface area contributed by atoms with E-state index in [1.165, 1.54) is 5.56 Å². The molecule has 3 heterocycles. The quantitative estimate of drug-likeness (QED) is 0.455. The van der Waals surface area contributed by atoms with Crippen molar-refractivity contribution in [3.63, 3.8) is 0 Å². The Kier molecular flexibility index (Phi) is 4.83. The Hall–Kier alpha value is -2.11. The van der Waals surface area contributed by atoms with E-state index < -0.39 is 0 Å². The maximum absolute atomic E-state index is 6.23. The summed E-state index contributed by atoms with van der Waals surface area (Å²) in [5, 5.41) is 2.06. The van der Waals surface area contributed by atoms with E-state index in [1.807, 2.05) is 6.07 Å². The summed E-state index contributed by atoms with van der Waals surface area (Å²) in [6, 6.07) is 10.4. The van der Waals surface area contributed by atoms with Gasteiger partial charge in [0, 0.05) is 18.8 Å². The van der Waals surface area contributed by atoms with Crippen molar-refractivity contribution in [2.45, 2.75) is 38.6 Å². The third-order valence-electron chi connectivity index (χ3n) is 4.63. The van der Waals surface area contributed by atoms with Gasteiger partial charge in [0.15, 0.2) is 5.82 Å². The van der Waals surface area contributed by atoms with Gasteiger partial charge in [-0.2, -0.15) is 0 Å². The van der Waals surface area contributed by atoms with E-state index in [0.29, 0.717) is 11.7 Å². The van der Waals surface area contributed by atoms with Crippen molar-refractivity contribution in [1.82, 2.24) is 14.5 Å². The first kappa shape index (κ1) is 17.3. The molecule has 6 heteroatoms. The number of hydrogen-bond donors (Lipinski definition) is 1. The van der Waals surface area contributed by atoms with Crippen molar-refractivity contribution in [3.8, 4) is 0 Å². The van der Waals surface area contributed by atoms with Gasteiger partial charge in [0.1, 0.15) is 11.3 Å². The number of pyridine rings is 1. The normalized spacial score (nSPS) is 11.6. The van der Waals surface area contributed by atoms with Gasteiger partial charge in [-0.25, -0.2) is 9.97 Å². The molecule has 4 rings (SSSR count). The summed E-state index contributed by atoms with van der Waals surface area (Å²) in [6.07, 6.45) is 3.17. The van der Waals surface area contributed by atoms with Crippen molar-refractivity contribution in [1.29, 1.82) is 0 Å². The van der Waals surface area contributed by atoms with E-state index in [9.17, 15) is 0 Å². The molecule has 0 saturated heterocycles. The zero-order chi connectivity index (χ0) is 18.1. The first-order valence-electron chi connectivity index (χ1n) is 8.86. The van der Waals surface area contributed by atoms with Gasteiger partial charge in [0.2, 0.25) is 0 Å². The molecule has 0 atom stereocenters.